The average molecular weight is 295 g/mol. The highest BCUT2D eigenvalue weighted by Crippen LogP contribution is 2.29. The molecule has 1 aliphatic heterocycles. The van der Waals surface area contributed by atoms with E-state index in [2.05, 4.69) is 5.32 Å². The fraction of sp³-hybridized carbons (Fsp3) is 0.625. The second-order valence-electron chi connectivity index (χ2n) is 5.35. The van der Waals surface area contributed by atoms with Gasteiger partial charge in [0.25, 0.3) is 0 Å². The molecule has 1 aromatic rings. The maximum absolute atomic E-state index is 10.3. The highest BCUT2D eigenvalue weighted by atomic mass is 16.5. The Labute approximate surface area is 126 Å². The summed E-state index contributed by atoms with van der Waals surface area (Å²) in [5.41, 5.74) is 0.744. The van der Waals surface area contributed by atoms with Gasteiger partial charge in [0.2, 0.25) is 0 Å². The molecule has 5 heteroatoms. The minimum Gasteiger partial charge on any atom is -0.497 e. The number of methoxy groups -OCH3 is 2. The molecule has 1 heterocycles. The van der Waals surface area contributed by atoms with Gasteiger partial charge >= 0.3 is 0 Å². The Morgan fingerprint density at radius 3 is 2.90 bits per heavy atom. The van der Waals surface area contributed by atoms with E-state index in [1.54, 1.807) is 14.2 Å². The Morgan fingerprint density at radius 1 is 1.38 bits per heavy atom. The third-order valence-corrected chi connectivity index (χ3v) is 3.89. The lowest BCUT2D eigenvalue weighted by atomic mass is 10.0. The van der Waals surface area contributed by atoms with Crippen molar-refractivity contribution in [3.63, 3.8) is 0 Å². The van der Waals surface area contributed by atoms with Crippen LogP contribution in [0.3, 0.4) is 0 Å². The Bertz CT molecular complexity index is 432. The summed E-state index contributed by atoms with van der Waals surface area (Å²) in [6, 6.07) is 5.45. The summed E-state index contributed by atoms with van der Waals surface area (Å²) >= 11 is 0. The maximum atomic E-state index is 10.3. The van der Waals surface area contributed by atoms with Crippen LogP contribution in [0.15, 0.2) is 18.2 Å². The number of hydrogen-bond acceptors (Lipinski definition) is 5. The van der Waals surface area contributed by atoms with Crippen molar-refractivity contribution in [2.24, 2.45) is 5.92 Å². The van der Waals surface area contributed by atoms with Crippen LogP contribution in [0.1, 0.15) is 24.5 Å². The molecule has 0 spiro atoms. The van der Waals surface area contributed by atoms with Gasteiger partial charge < -0.3 is 24.6 Å². The molecule has 118 valence electrons. The van der Waals surface area contributed by atoms with Crippen LogP contribution in [0.2, 0.25) is 0 Å². The molecule has 2 unspecified atom stereocenters. The van der Waals surface area contributed by atoms with E-state index in [0.29, 0.717) is 24.0 Å². The highest BCUT2D eigenvalue weighted by Gasteiger charge is 2.16. The summed E-state index contributed by atoms with van der Waals surface area (Å²) in [6.07, 6.45) is 1.62. The van der Waals surface area contributed by atoms with Gasteiger partial charge in [-0.2, -0.15) is 0 Å². The minimum atomic E-state index is -0.616. The summed E-state index contributed by atoms with van der Waals surface area (Å²) in [5, 5.41) is 13.6. The van der Waals surface area contributed by atoms with E-state index in [-0.39, 0.29) is 0 Å². The summed E-state index contributed by atoms with van der Waals surface area (Å²) < 4.78 is 15.8. The second kappa shape index (κ2) is 8.22. The summed E-state index contributed by atoms with van der Waals surface area (Å²) in [7, 11) is 3.21. The van der Waals surface area contributed by atoms with Crippen molar-refractivity contribution in [1.29, 1.82) is 0 Å². The van der Waals surface area contributed by atoms with Crippen LogP contribution in [0.25, 0.3) is 0 Å². The fourth-order valence-corrected chi connectivity index (χ4v) is 2.57. The Hall–Kier alpha value is -1.30. The van der Waals surface area contributed by atoms with E-state index in [4.69, 9.17) is 14.2 Å². The first-order valence-electron chi connectivity index (χ1n) is 7.43. The van der Waals surface area contributed by atoms with Gasteiger partial charge in [-0.25, -0.2) is 0 Å². The van der Waals surface area contributed by atoms with Crippen molar-refractivity contribution in [3.05, 3.63) is 23.8 Å². The first-order valence-corrected chi connectivity index (χ1v) is 7.43. The average Bonchev–Trinajstić information content (AvgIpc) is 3.04. The first-order chi connectivity index (χ1) is 10.2. The third-order valence-electron chi connectivity index (χ3n) is 3.89. The SMILES string of the molecule is COc1ccc(OC)c(C(O)CNCCC2CCOC2)c1. The van der Waals surface area contributed by atoms with E-state index in [0.717, 1.165) is 38.2 Å². The van der Waals surface area contributed by atoms with Crippen LogP contribution in [0.4, 0.5) is 0 Å². The first kappa shape index (κ1) is 16.1. The third kappa shape index (κ3) is 4.59. The van der Waals surface area contributed by atoms with Crippen LogP contribution in [0, 0.1) is 5.92 Å². The molecule has 0 saturated carbocycles. The standard InChI is InChI=1S/C16H25NO4/c1-19-13-3-4-16(20-2)14(9-13)15(18)10-17-7-5-12-6-8-21-11-12/h3-4,9,12,15,17-18H,5-8,10-11H2,1-2H3. The van der Waals surface area contributed by atoms with Crippen molar-refractivity contribution in [2.75, 3.05) is 40.5 Å². The number of benzene rings is 1. The number of ether oxygens (including phenoxy) is 3. The Balaban J connectivity index is 1.82. The molecule has 1 fully saturated rings. The van der Waals surface area contributed by atoms with Crippen LogP contribution in [-0.4, -0.2) is 45.6 Å². The van der Waals surface area contributed by atoms with Crippen LogP contribution >= 0.6 is 0 Å². The number of aliphatic hydroxyl groups excluding tert-OH is 1. The molecule has 2 N–H and O–H groups in total. The van der Waals surface area contributed by atoms with Gasteiger partial charge in [-0.05, 0) is 43.5 Å². The van der Waals surface area contributed by atoms with Crippen molar-refractivity contribution in [2.45, 2.75) is 18.9 Å². The molecular weight excluding hydrogens is 270 g/mol. The fourth-order valence-electron chi connectivity index (χ4n) is 2.57. The quantitative estimate of drug-likeness (QED) is 0.716. The van der Waals surface area contributed by atoms with Crippen LogP contribution in [-0.2, 0) is 4.74 Å². The molecule has 1 saturated heterocycles. The summed E-state index contributed by atoms with van der Waals surface area (Å²) in [4.78, 5) is 0. The van der Waals surface area contributed by atoms with E-state index in [1.807, 2.05) is 18.2 Å². The van der Waals surface area contributed by atoms with E-state index < -0.39 is 6.10 Å². The number of aliphatic hydroxyl groups is 1. The number of hydrogen-bond donors (Lipinski definition) is 2. The molecule has 1 aliphatic rings. The minimum absolute atomic E-state index is 0.497. The second-order valence-corrected chi connectivity index (χ2v) is 5.35. The Morgan fingerprint density at radius 2 is 2.24 bits per heavy atom. The lowest BCUT2D eigenvalue weighted by molar-refractivity contribution is 0.167. The molecule has 2 rings (SSSR count). The lowest BCUT2D eigenvalue weighted by Gasteiger charge is -2.17. The van der Waals surface area contributed by atoms with E-state index in [1.165, 1.54) is 0 Å². The zero-order valence-corrected chi connectivity index (χ0v) is 12.8. The van der Waals surface area contributed by atoms with Gasteiger partial charge in [0.05, 0.1) is 20.3 Å². The molecule has 2 atom stereocenters. The molecule has 1 aromatic carbocycles. The molecule has 0 aliphatic carbocycles. The van der Waals surface area contributed by atoms with Crippen molar-refractivity contribution in [3.8, 4) is 11.5 Å². The smallest absolute Gasteiger partial charge is 0.124 e. The highest BCUT2D eigenvalue weighted by molar-refractivity contribution is 5.41. The summed E-state index contributed by atoms with van der Waals surface area (Å²) in [5.74, 6) is 2.04. The predicted molar refractivity (Wildman–Crippen MR) is 80.9 cm³/mol. The Kier molecular flexibility index (Phi) is 6.29. The lowest BCUT2D eigenvalue weighted by Crippen LogP contribution is -2.24. The van der Waals surface area contributed by atoms with Gasteiger partial charge in [0.15, 0.2) is 0 Å². The van der Waals surface area contributed by atoms with Gasteiger partial charge in [0.1, 0.15) is 11.5 Å². The normalized spacial score (nSPS) is 19.5. The van der Waals surface area contributed by atoms with Gasteiger partial charge in [0, 0.05) is 25.3 Å². The topological polar surface area (TPSA) is 60.0 Å². The molecule has 0 amide bonds. The van der Waals surface area contributed by atoms with Crippen molar-refractivity contribution in [1.82, 2.24) is 5.32 Å². The number of nitrogens with one attached hydrogen (secondary N) is 1. The molecule has 0 aromatic heterocycles. The van der Waals surface area contributed by atoms with Crippen molar-refractivity contribution < 1.29 is 19.3 Å². The molecule has 21 heavy (non-hydrogen) atoms. The number of rotatable bonds is 8. The van der Waals surface area contributed by atoms with Crippen LogP contribution < -0.4 is 14.8 Å². The molecule has 0 bridgehead atoms. The maximum Gasteiger partial charge on any atom is 0.124 e. The van der Waals surface area contributed by atoms with Gasteiger partial charge in [-0.15, -0.1) is 0 Å². The zero-order valence-electron chi connectivity index (χ0n) is 12.8. The van der Waals surface area contributed by atoms with Gasteiger partial charge in [-0.1, -0.05) is 0 Å². The summed E-state index contributed by atoms with van der Waals surface area (Å²) in [6.45, 7) is 3.14. The van der Waals surface area contributed by atoms with E-state index >= 15 is 0 Å². The molecule has 0 radical (unpaired) electrons. The van der Waals surface area contributed by atoms with Crippen LogP contribution in [0.5, 0.6) is 11.5 Å². The van der Waals surface area contributed by atoms with E-state index in [9.17, 15) is 5.11 Å². The van der Waals surface area contributed by atoms with Crippen molar-refractivity contribution >= 4 is 0 Å². The zero-order chi connectivity index (χ0) is 15.1. The monoisotopic (exact) mass is 295 g/mol. The molecular formula is C16H25NO4. The largest absolute Gasteiger partial charge is 0.497 e. The van der Waals surface area contributed by atoms with Gasteiger partial charge in [-0.3, -0.25) is 0 Å². The predicted octanol–water partition coefficient (Wildman–Crippen LogP) is 1.75. The molecule has 5 nitrogen and oxygen atoms in total.